The van der Waals surface area contributed by atoms with E-state index in [0.29, 0.717) is 13.1 Å². The predicted octanol–water partition coefficient (Wildman–Crippen LogP) is 3.32. The average molecular weight is 286 g/mol. The van der Waals surface area contributed by atoms with Crippen LogP contribution in [0, 0.1) is 23.4 Å². The molecule has 0 saturated carbocycles. The maximum Gasteiger partial charge on any atom is 0.196 e. The van der Waals surface area contributed by atoms with Crippen LogP contribution in [0.5, 0.6) is 0 Å². The van der Waals surface area contributed by atoms with Gasteiger partial charge in [-0.05, 0) is 24.5 Å². The predicted molar refractivity (Wildman–Crippen MR) is 74.4 cm³/mol. The molecule has 0 aromatic heterocycles. The summed E-state index contributed by atoms with van der Waals surface area (Å²) < 4.78 is 40.6. The number of halogens is 3. The molecule has 1 aliphatic rings. The average Bonchev–Trinajstić information content (AvgIpc) is 2.44. The van der Waals surface area contributed by atoms with Crippen LogP contribution < -0.4 is 10.2 Å². The lowest BCUT2D eigenvalue weighted by Gasteiger charge is -2.43. The zero-order valence-corrected chi connectivity index (χ0v) is 12.1. The number of benzene rings is 1. The largest absolute Gasteiger partial charge is 0.363 e. The van der Waals surface area contributed by atoms with Crippen molar-refractivity contribution < 1.29 is 13.2 Å². The molecule has 1 heterocycles. The standard InChI is InChI=1S/C15H21F3N2/c1-4-10-8-20(13(7-19-10)9(2)3)12-6-5-11(16)14(17)15(12)18/h5-6,9-10,13,19H,4,7-8H2,1-3H3. The topological polar surface area (TPSA) is 15.3 Å². The molecule has 0 aliphatic carbocycles. The van der Waals surface area contributed by atoms with Gasteiger partial charge in [0.05, 0.1) is 5.69 Å². The van der Waals surface area contributed by atoms with Gasteiger partial charge in [-0.1, -0.05) is 20.8 Å². The molecule has 0 bridgehead atoms. The van der Waals surface area contributed by atoms with Gasteiger partial charge in [0.15, 0.2) is 17.5 Å². The van der Waals surface area contributed by atoms with E-state index in [1.165, 1.54) is 6.07 Å². The molecule has 5 heteroatoms. The highest BCUT2D eigenvalue weighted by atomic mass is 19.2. The van der Waals surface area contributed by atoms with Crippen molar-refractivity contribution in [2.24, 2.45) is 5.92 Å². The van der Waals surface area contributed by atoms with Gasteiger partial charge in [-0.25, -0.2) is 13.2 Å². The molecule has 2 nitrogen and oxygen atoms in total. The summed E-state index contributed by atoms with van der Waals surface area (Å²) in [5, 5.41) is 3.41. The highest BCUT2D eigenvalue weighted by molar-refractivity contribution is 5.50. The lowest BCUT2D eigenvalue weighted by Crippen LogP contribution is -2.58. The van der Waals surface area contributed by atoms with Crippen LogP contribution in [0.2, 0.25) is 0 Å². The van der Waals surface area contributed by atoms with Gasteiger partial charge >= 0.3 is 0 Å². The third-order valence-corrected chi connectivity index (χ3v) is 4.02. The maximum atomic E-state index is 14.0. The van der Waals surface area contributed by atoms with Crippen LogP contribution in [-0.2, 0) is 0 Å². The Morgan fingerprint density at radius 3 is 2.55 bits per heavy atom. The van der Waals surface area contributed by atoms with Crippen molar-refractivity contribution in [3.8, 4) is 0 Å². The Labute approximate surface area is 118 Å². The van der Waals surface area contributed by atoms with E-state index in [2.05, 4.69) is 5.32 Å². The van der Waals surface area contributed by atoms with Crippen LogP contribution in [0.1, 0.15) is 27.2 Å². The second-order valence-electron chi connectivity index (χ2n) is 5.67. The van der Waals surface area contributed by atoms with Crippen LogP contribution in [0.25, 0.3) is 0 Å². The molecule has 2 atom stereocenters. The molecule has 0 spiro atoms. The second-order valence-corrected chi connectivity index (χ2v) is 5.67. The molecule has 1 aromatic carbocycles. The fraction of sp³-hybridized carbons (Fsp3) is 0.600. The number of rotatable bonds is 3. The van der Waals surface area contributed by atoms with Crippen LogP contribution in [-0.4, -0.2) is 25.2 Å². The third-order valence-electron chi connectivity index (χ3n) is 4.02. The molecular formula is C15H21F3N2. The molecule has 1 aliphatic heterocycles. The summed E-state index contributed by atoms with van der Waals surface area (Å²) in [5.41, 5.74) is 0.155. The van der Waals surface area contributed by atoms with Crippen LogP contribution in [0.4, 0.5) is 18.9 Å². The van der Waals surface area contributed by atoms with E-state index in [0.717, 1.165) is 12.5 Å². The van der Waals surface area contributed by atoms with E-state index in [9.17, 15) is 13.2 Å². The van der Waals surface area contributed by atoms with E-state index in [1.807, 2.05) is 25.7 Å². The van der Waals surface area contributed by atoms with Gasteiger partial charge in [0, 0.05) is 25.2 Å². The fourth-order valence-corrected chi connectivity index (χ4v) is 2.72. The van der Waals surface area contributed by atoms with Gasteiger partial charge in [0.2, 0.25) is 0 Å². The summed E-state index contributed by atoms with van der Waals surface area (Å²) >= 11 is 0. The number of nitrogens with zero attached hydrogens (tertiary/aromatic N) is 1. The normalized spacial score (nSPS) is 23.4. The van der Waals surface area contributed by atoms with Crippen molar-refractivity contribution >= 4 is 5.69 Å². The summed E-state index contributed by atoms with van der Waals surface area (Å²) in [6.07, 6.45) is 0.909. The zero-order valence-electron chi connectivity index (χ0n) is 12.1. The van der Waals surface area contributed by atoms with Crippen LogP contribution in [0.3, 0.4) is 0 Å². The molecule has 0 amide bonds. The van der Waals surface area contributed by atoms with Crippen LogP contribution >= 0.6 is 0 Å². The van der Waals surface area contributed by atoms with E-state index in [4.69, 9.17) is 0 Å². The summed E-state index contributed by atoms with van der Waals surface area (Å²) in [6, 6.07) is 2.63. The Balaban J connectivity index is 2.37. The van der Waals surface area contributed by atoms with E-state index in [-0.39, 0.29) is 23.7 Å². The van der Waals surface area contributed by atoms with E-state index >= 15 is 0 Å². The maximum absolute atomic E-state index is 14.0. The molecule has 1 N–H and O–H groups in total. The first-order chi connectivity index (χ1) is 9.45. The molecular weight excluding hydrogens is 265 g/mol. The van der Waals surface area contributed by atoms with Gasteiger partial charge in [0.25, 0.3) is 0 Å². The smallest absolute Gasteiger partial charge is 0.196 e. The van der Waals surface area contributed by atoms with Crippen molar-refractivity contribution in [1.82, 2.24) is 5.32 Å². The molecule has 0 radical (unpaired) electrons. The minimum Gasteiger partial charge on any atom is -0.363 e. The number of nitrogens with one attached hydrogen (secondary N) is 1. The minimum atomic E-state index is -1.39. The number of hydrogen-bond acceptors (Lipinski definition) is 2. The van der Waals surface area contributed by atoms with Crippen molar-refractivity contribution in [2.45, 2.75) is 39.3 Å². The van der Waals surface area contributed by atoms with Gasteiger partial charge in [-0.15, -0.1) is 0 Å². The summed E-state index contributed by atoms with van der Waals surface area (Å²) in [6.45, 7) is 7.45. The molecule has 20 heavy (non-hydrogen) atoms. The van der Waals surface area contributed by atoms with Crippen molar-refractivity contribution in [3.05, 3.63) is 29.6 Å². The highest BCUT2D eigenvalue weighted by Crippen LogP contribution is 2.29. The van der Waals surface area contributed by atoms with Crippen molar-refractivity contribution in [1.29, 1.82) is 0 Å². The first kappa shape index (κ1) is 15.2. The Bertz CT molecular complexity index is 476. The number of piperazine rings is 1. The molecule has 1 fully saturated rings. The SMILES string of the molecule is CCC1CN(c2ccc(F)c(F)c2F)C(C(C)C)CN1. The third kappa shape index (κ3) is 2.77. The molecule has 2 rings (SSSR count). The van der Waals surface area contributed by atoms with Crippen molar-refractivity contribution in [3.63, 3.8) is 0 Å². The van der Waals surface area contributed by atoms with E-state index in [1.54, 1.807) is 0 Å². The first-order valence-electron chi connectivity index (χ1n) is 7.09. The summed E-state index contributed by atoms with van der Waals surface area (Å²) in [4.78, 5) is 1.87. The monoisotopic (exact) mass is 286 g/mol. The zero-order chi connectivity index (χ0) is 14.9. The Hall–Kier alpha value is -1.23. The quantitative estimate of drug-likeness (QED) is 0.858. The molecule has 1 aromatic rings. The van der Waals surface area contributed by atoms with Crippen LogP contribution in [0.15, 0.2) is 12.1 Å². The van der Waals surface area contributed by atoms with Crippen molar-refractivity contribution in [2.75, 3.05) is 18.0 Å². The Kier molecular flexibility index (Phi) is 4.58. The second kappa shape index (κ2) is 6.04. The molecule has 1 saturated heterocycles. The number of anilines is 1. The van der Waals surface area contributed by atoms with Gasteiger partial charge < -0.3 is 10.2 Å². The minimum absolute atomic E-state index is 0.0668. The lowest BCUT2D eigenvalue weighted by molar-refractivity contribution is 0.329. The number of hydrogen-bond donors (Lipinski definition) is 1. The van der Waals surface area contributed by atoms with E-state index < -0.39 is 17.5 Å². The highest BCUT2D eigenvalue weighted by Gasteiger charge is 2.31. The molecule has 112 valence electrons. The Morgan fingerprint density at radius 1 is 1.25 bits per heavy atom. The fourth-order valence-electron chi connectivity index (χ4n) is 2.72. The first-order valence-corrected chi connectivity index (χ1v) is 7.09. The lowest BCUT2D eigenvalue weighted by atomic mass is 9.96. The summed E-state index contributed by atoms with van der Waals surface area (Å²) in [7, 11) is 0. The molecule has 2 unspecified atom stereocenters. The Morgan fingerprint density at radius 2 is 1.95 bits per heavy atom. The summed E-state index contributed by atoms with van der Waals surface area (Å²) in [5.74, 6) is -3.34. The van der Waals surface area contributed by atoms with Gasteiger partial charge in [0.1, 0.15) is 0 Å². The van der Waals surface area contributed by atoms with Gasteiger partial charge in [-0.3, -0.25) is 0 Å². The van der Waals surface area contributed by atoms with Gasteiger partial charge in [-0.2, -0.15) is 0 Å².